The van der Waals surface area contributed by atoms with Gasteiger partial charge in [-0.3, -0.25) is 4.90 Å². The minimum Gasteiger partial charge on any atom is -0.354 e. The van der Waals surface area contributed by atoms with Gasteiger partial charge in [0.1, 0.15) is 16.8 Å². The molecule has 2 heterocycles. The molecule has 2 rings (SSSR count). The Balaban J connectivity index is 2.02. The van der Waals surface area contributed by atoms with Crippen LogP contribution in [-0.2, 0) is 6.42 Å². The van der Waals surface area contributed by atoms with Crippen molar-refractivity contribution in [2.24, 2.45) is 0 Å². The monoisotopic (exact) mass is 268 g/mol. The zero-order chi connectivity index (χ0) is 13.0. The van der Waals surface area contributed by atoms with E-state index in [1.807, 2.05) is 6.07 Å². The van der Waals surface area contributed by atoms with Gasteiger partial charge in [-0.15, -0.1) is 0 Å². The summed E-state index contributed by atoms with van der Waals surface area (Å²) in [5, 5.41) is 0.549. The first kappa shape index (κ1) is 13.6. The fourth-order valence-electron chi connectivity index (χ4n) is 2.29. The largest absolute Gasteiger partial charge is 0.354 e. The van der Waals surface area contributed by atoms with E-state index in [-0.39, 0.29) is 0 Å². The summed E-state index contributed by atoms with van der Waals surface area (Å²) in [7, 11) is 0. The van der Waals surface area contributed by atoms with E-state index >= 15 is 0 Å². The minimum atomic E-state index is 0.549. The van der Waals surface area contributed by atoms with E-state index in [1.54, 1.807) is 0 Å². The Morgan fingerprint density at radius 3 is 2.50 bits per heavy atom. The average Bonchev–Trinajstić information content (AvgIpc) is 2.39. The second-order valence-electron chi connectivity index (χ2n) is 4.65. The number of aryl methyl sites for hydroxylation is 1. The molecular weight excluding hydrogens is 248 g/mol. The molecule has 1 saturated heterocycles. The van der Waals surface area contributed by atoms with Gasteiger partial charge >= 0.3 is 0 Å². The lowest BCUT2D eigenvalue weighted by atomic mass is 10.3. The third kappa shape index (κ3) is 3.33. The van der Waals surface area contributed by atoms with Gasteiger partial charge in [0.25, 0.3) is 0 Å². The average molecular weight is 269 g/mol. The van der Waals surface area contributed by atoms with Crippen molar-refractivity contribution in [3.8, 4) is 0 Å². The standard InChI is InChI=1S/C13H21ClN4/c1-3-5-17-6-8-18(9-7-17)13-10-11(14)15-12(4-2)16-13/h10H,3-9H2,1-2H3. The Bertz CT molecular complexity index is 389. The Kier molecular flexibility index (Phi) is 4.78. The van der Waals surface area contributed by atoms with Crippen molar-refractivity contribution in [1.29, 1.82) is 0 Å². The first-order valence-electron chi connectivity index (χ1n) is 6.73. The lowest BCUT2D eigenvalue weighted by molar-refractivity contribution is 0.258. The van der Waals surface area contributed by atoms with Crippen LogP contribution in [0.15, 0.2) is 6.07 Å². The maximum absolute atomic E-state index is 6.04. The zero-order valence-corrected chi connectivity index (χ0v) is 11.9. The van der Waals surface area contributed by atoms with Gasteiger partial charge < -0.3 is 4.90 Å². The van der Waals surface area contributed by atoms with Crippen LogP contribution in [0.2, 0.25) is 5.15 Å². The summed E-state index contributed by atoms with van der Waals surface area (Å²) < 4.78 is 0. The Morgan fingerprint density at radius 2 is 1.89 bits per heavy atom. The molecule has 0 N–H and O–H groups in total. The molecule has 0 amide bonds. The highest BCUT2D eigenvalue weighted by atomic mass is 35.5. The maximum atomic E-state index is 6.04. The fourth-order valence-corrected chi connectivity index (χ4v) is 2.48. The normalized spacial score (nSPS) is 17.2. The van der Waals surface area contributed by atoms with E-state index in [0.29, 0.717) is 5.15 Å². The van der Waals surface area contributed by atoms with Crippen LogP contribution in [-0.4, -0.2) is 47.6 Å². The second-order valence-corrected chi connectivity index (χ2v) is 5.03. The van der Waals surface area contributed by atoms with Gasteiger partial charge in [-0.1, -0.05) is 25.4 Å². The summed E-state index contributed by atoms with van der Waals surface area (Å²) in [6.45, 7) is 9.73. The molecule has 1 aromatic heterocycles. The van der Waals surface area contributed by atoms with Crippen molar-refractivity contribution in [2.45, 2.75) is 26.7 Å². The van der Waals surface area contributed by atoms with Crippen LogP contribution in [0.3, 0.4) is 0 Å². The number of rotatable bonds is 4. The van der Waals surface area contributed by atoms with Crippen molar-refractivity contribution < 1.29 is 0 Å². The van der Waals surface area contributed by atoms with Crippen LogP contribution >= 0.6 is 11.6 Å². The van der Waals surface area contributed by atoms with Gasteiger partial charge in [-0.05, 0) is 13.0 Å². The minimum absolute atomic E-state index is 0.549. The van der Waals surface area contributed by atoms with Crippen LogP contribution < -0.4 is 4.90 Å². The predicted molar refractivity (Wildman–Crippen MR) is 75.4 cm³/mol. The molecule has 0 aromatic carbocycles. The summed E-state index contributed by atoms with van der Waals surface area (Å²) in [6, 6.07) is 1.87. The second kappa shape index (κ2) is 6.34. The van der Waals surface area contributed by atoms with Crippen LogP contribution in [0.1, 0.15) is 26.1 Å². The molecule has 100 valence electrons. The molecule has 0 bridgehead atoms. The van der Waals surface area contributed by atoms with Gasteiger partial charge in [0.15, 0.2) is 0 Å². The van der Waals surface area contributed by atoms with Gasteiger partial charge in [-0.25, -0.2) is 9.97 Å². The maximum Gasteiger partial charge on any atom is 0.134 e. The zero-order valence-electron chi connectivity index (χ0n) is 11.2. The molecule has 1 fully saturated rings. The van der Waals surface area contributed by atoms with E-state index in [4.69, 9.17) is 11.6 Å². The lowest BCUT2D eigenvalue weighted by Crippen LogP contribution is -2.46. The molecule has 1 aromatic rings. The molecule has 18 heavy (non-hydrogen) atoms. The number of aromatic nitrogens is 2. The number of halogens is 1. The topological polar surface area (TPSA) is 32.3 Å². The summed E-state index contributed by atoms with van der Waals surface area (Å²) in [5.74, 6) is 1.80. The molecule has 1 aliphatic rings. The fraction of sp³-hybridized carbons (Fsp3) is 0.692. The van der Waals surface area contributed by atoms with Crippen molar-refractivity contribution in [3.05, 3.63) is 17.0 Å². The lowest BCUT2D eigenvalue weighted by Gasteiger charge is -2.35. The van der Waals surface area contributed by atoms with Crippen molar-refractivity contribution >= 4 is 17.4 Å². The van der Waals surface area contributed by atoms with Crippen LogP contribution in [0.4, 0.5) is 5.82 Å². The number of hydrogen-bond acceptors (Lipinski definition) is 4. The molecule has 0 spiro atoms. The molecule has 5 heteroatoms. The van der Waals surface area contributed by atoms with E-state index in [9.17, 15) is 0 Å². The summed E-state index contributed by atoms with van der Waals surface area (Å²) in [4.78, 5) is 13.6. The third-order valence-electron chi connectivity index (χ3n) is 3.28. The SMILES string of the molecule is CCCN1CCN(c2cc(Cl)nc(CC)n2)CC1. The predicted octanol–water partition coefficient (Wildman–Crippen LogP) is 2.22. The summed E-state index contributed by atoms with van der Waals surface area (Å²) in [6.07, 6.45) is 2.04. The van der Waals surface area contributed by atoms with Gasteiger partial charge in [0.05, 0.1) is 0 Å². The van der Waals surface area contributed by atoms with Crippen molar-refractivity contribution in [2.75, 3.05) is 37.6 Å². The van der Waals surface area contributed by atoms with E-state index < -0.39 is 0 Å². The molecule has 0 unspecified atom stereocenters. The molecule has 0 aliphatic carbocycles. The van der Waals surface area contributed by atoms with Gasteiger partial charge in [0.2, 0.25) is 0 Å². The highest BCUT2D eigenvalue weighted by molar-refractivity contribution is 6.29. The Labute approximate surface area is 114 Å². The molecular formula is C13H21ClN4. The summed E-state index contributed by atoms with van der Waals surface area (Å²) >= 11 is 6.04. The number of hydrogen-bond donors (Lipinski definition) is 0. The van der Waals surface area contributed by atoms with Crippen LogP contribution in [0.5, 0.6) is 0 Å². The summed E-state index contributed by atoms with van der Waals surface area (Å²) in [5.41, 5.74) is 0. The van der Waals surface area contributed by atoms with Crippen molar-refractivity contribution in [1.82, 2.24) is 14.9 Å². The van der Waals surface area contributed by atoms with Gasteiger partial charge in [-0.2, -0.15) is 0 Å². The van der Waals surface area contributed by atoms with Crippen molar-refractivity contribution in [3.63, 3.8) is 0 Å². The number of anilines is 1. The third-order valence-corrected chi connectivity index (χ3v) is 3.47. The smallest absolute Gasteiger partial charge is 0.134 e. The molecule has 0 saturated carbocycles. The highest BCUT2D eigenvalue weighted by Crippen LogP contribution is 2.18. The quantitative estimate of drug-likeness (QED) is 0.784. The van der Waals surface area contributed by atoms with E-state index in [0.717, 1.165) is 44.2 Å². The highest BCUT2D eigenvalue weighted by Gasteiger charge is 2.18. The van der Waals surface area contributed by atoms with E-state index in [2.05, 4.69) is 33.6 Å². The first-order chi connectivity index (χ1) is 8.72. The first-order valence-corrected chi connectivity index (χ1v) is 7.11. The number of nitrogens with zero attached hydrogens (tertiary/aromatic N) is 4. The van der Waals surface area contributed by atoms with Crippen LogP contribution in [0, 0.1) is 0 Å². The Morgan fingerprint density at radius 1 is 1.17 bits per heavy atom. The molecule has 4 nitrogen and oxygen atoms in total. The van der Waals surface area contributed by atoms with E-state index in [1.165, 1.54) is 13.0 Å². The van der Waals surface area contributed by atoms with Gasteiger partial charge in [0, 0.05) is 38.7 Å². The molecule has 0 radical (unpaired) electrons. The van der Waals surface area contributed by atoms with Crippen LogP contribution in [0.25, 0.3) is 0 Å². The number of piperazine rings is 1. The molecule has 1 aliphatic heterocycles. The Hall–Kier alpha value is -0.870. The molecule has 0 atom stereocenters.